The Balaban J connectivity index is 1.38. The number of benzene rings is 3. The number of aliphatic hydroxyl groups is 1. The van der Waals surface area contributed by atoms with Gasteiger partial charge in [-0.25, -0.2) is 4.39 Å². The highest BCUT2D eigenvalue weighted by Crippen LogP contribution is 2.46. The molecule has 0 saturated carbocycles. The monoisotopic (exact) mass is 500 g/mol. The van der Waals surface area contributed by atoms with E-state index in [9.17, 15) is 19.4 Å². The summed E-state index contributed by atoms with van der Waals surface area (Å²) in [4.78, 5) is 19.3. The van der Waals surface area contributed by atoms with Gasteiger partial charge in [-0.1, -0.05) is 36.4 Å². The lowest BCUT2D eigenvalue weighted by Gasteiger charge is -2.47. The smallest absolute Gasteiger partial charge is 0.243 e. The highest BCUT2D eigenvalue weighted by Gasteiger charge is 2.49. The van der Waals surface area contributed by atoms with Crippen molar-refractivity contribution in [1.29, 1.82) is 0 Å². The van der Waals surface area contributed by atoms with Gasteiger partial charge in [-0.05, 0) is 71.6 Å². The van der Waals surface area contributed by atoms with E-state index in [0.29, 0.717) is 11.3 Å². The zero-order chi connectivity index (χ0) is 25.2. The number of hydrogen-bond donors (Lipinski definition) is 2. The third-order valence-electron chi connectivity index (χ3n) is 6.46. The summed E-state index contributed by atoms with van der Waals surface area (Å²) >= 11 is 1.38. The number of phenols is 1. The molecule has 5 rings (SSSR count). The molecule has 2 N–H and O–H groups in total. The number of aliphatic hydroxyl groups excluding tert-OH is 1. The molecule has 3 aromatic carbocycles. The Kier molecular flexibility index (Phi) is 6.76. The van der Waals surface area contributed by atoms with Gasteiger partial charge in [-0.3, -0.25) is 9.78 Å². The quantitative estimate of drug-likeness (QED) is 0.313. The van der Waals surface area contributed by atoms with Crippen LogP contribution in [0.2, 0.25) is 0 Å². The minimum absolute atomic E-state index is 0.0466. The molecule has 1 amide bonds. The van der Waals surface area contributed by atoms with Gasteiger partial charge in [-0.2, -0.15) is 0 Å². The van der Waals surface area contributed by atoms with Gasteiger partial charge in [0.25, 0.3) is 0 Å². The van der Waals surface area contributed by atoms with Crippen LogP contribution in [0.1, 0.15) is 28.8 Å². The van der Waals surface area contributed by atoms with Gasteiger partial charge in [0.15, 0.2) is 0 Å². The summed E-state index contributed by atoms with van der Waals surface area (Å²) < 4.78 is 13.2. The molecule has 0 aliphatic carbocycles. The molecule has 36 heavy (non-hydrogen) atoms. The molecule has 7 heteroatoms. The minimum Gasteiger partial charge on any atom is -0.508 e. The number of aromatic hydroxyl groups is 1. The van der Waals surface area contributed by atoms with Crippen LogP contribution in [0, 0.1) is 12.7 Å². The molecule has 1 aromatic heterocycles. The van der Waals surface area contributed by atoms with Crippen LogP contribution in [-0.2, 0) is 4.79 Å². The second kappa shape index (κ2) is 10.1. The first-order valence-corrected chi connectivity index (χ1v) is 12.7. The zero-order valence-electron chi connectivity index (χ0n) is 19.6. The standard InChI is InChI=1S/C29H25FN2O3S/c1-18-14-15-31-16-25(18)19-4-10-23(11-5-19)32-27(21-6-12-24(33)13-7-21)28(29(32)35)36-17-26(34)20-2-8-22(30)9-3-20/h2-16,26-28,33-34H,17H2,1H3/t26-,27-,28-/m1/s1. The predicted molar refractivity (Wildman–Crippen MR) is 140 cm³/mol. The van der Waals surface area contributed by atoms with E-state index >= 15 is 0 Å². The lowest BCUT2D eigenvalue weighted by molar-refractivity contribution is -0.123. The van der Waals surface area contributed by atoms with Gasteiger partial charge in [0.2, 0.25) is 5.91 Å². The predicted octanol–water partition coefficient (Wildman–Crippen LogP) is 5.83. The van der Waals surface area contributed by atoms with Crippen molar-refractivity contribution in [2.24, 2.45) is 0 Å². The first-order chi connectivity index (χ1) is 17.4. The fourth-order valence-corrected chi connectivity index (χ4v) is 5.75. The molecule has 3 atom stereocenters. The SMILES string of the molecule is Cc1ccncc1-c1ccc(N2C(=O)[C@H](SC[C@@H](O)c3ccc(F)cc3)[C@H]2c2ccc(O)cc2)cc1. The van der Waals surface area contributed by atoms with Crippen molar-refractivity contribution in [3.8, 4) is 16.9 Å². The second-order valence-electron chi connectivity index (χ2n) is 8.80. The van der Waals surface area contributed by atoms with Crippen molar-refractivity contribution in [1.82, 2.24) is 4.98 Å². The largest absolute Gasteiger partial charge is 0.508 e. The Morgan fingerprint density at radius 1 is 1.00 bits per heavy atom. The van der Waals surface area contributed by atoms with Gasteiger partial charge in [0, 0.05) is 29.4 Å². The number of aryl methyl sites for hydroxylation is 1. The molecule has 1 fully saturated rings. The fourth-order valence-electron chi connectivity index (χ4n) is 4.45. The summed E-state index contributed by atoms with van der Waals surface area (Å²) in [5.74, 6) is 0.0437. The number of aromatic nitrogens is 1. The van der Waals surface area contributed by atoms with Gasteiger partial charge < -0.3 is 15.1 Å². The van der Waals surface area contributed by atoms with E-state index < -0.39 is 11.4 Å². The van der Waals surface area contributed by atoms with Crippen LogP contribution in [0.4, 0.5) is 10.1 Å². The van der Waals surface area contributed by atoms with E-state index in [1.807, 2.05) is 55.6 Å². The summed E-state index contributed by atoms with van der Waals surface area (Å²) in [6.07, 6.45) is 2.77. The molecule has 0 unspecified atom stereocenters. The highest BCUT2D eigenvalue weighted by atomic mass is 32.2. The number of carbonyl (C=O) groups is 1. The van der Waals surface area contributed by atoms with Gasteiger partial charge in [0.1, 0.15) is 16.8 Å². The molecule has 5 nitrogen and oxygen atoms in total. The number of anilines is 1. The highest BCUT2D eigenvalue weighted by molar-refractivity contribution is 8.00. The zero-order valence-corrected chi connectivity index (χ0v) is 20.4. The minimum atomic E-state index is -0.820. The lowest BCUT2D eigenvalue weighted by Crippen LogP contribution is -2.57. The maximum absolute atomic E-state index is 13.3. The molecule has 0 bridgehead atoms. The van der Waals surface area contributed by atoms with E-state index in [4.69, 9.17) is 0 Å². The number of nitrogens with zero attached hydrogens (tertiary/aromatic N) is 2. The maximum Gasteiger partial charge on any atom is 0.243 e. The second-order valence-corrected chi connectivity index (χ2v) is 9.98. The topological polar surface area (TPSA) is 73.7 Å². The molecule has 2 heterocycles. The Morgan fingerprint density at radius 3 is 2.36 bits per heavy atom. The summed E-state index contributed by atoms with van der Waals surface area (Å²) in [6.45, 7) is 2.03. The molecule has 0 spiro atoms. The molecule has 1 aliphatic heterocycles. The Morgan fingerprint density at radius 2 is 1.69 bits per heavy atom. The Labute approximate surface area is 213 Å². The number of pyridine rings is 1. The average Bonchev–Trinajstić information content (AvgIpc) is 2.89. The van der Waals surface area contributed by atoms with E-state index in [2.05, 4.69) is 4.98 Å². The number of thioether (sulfide) groups is 1. The van der Waals surface area contributed by atoms with Gasteiger partial charge in [0.05, 0.1) is 12.1 Å². The molecular formula is C29H25FN2O3S. The summed E-state index contributed by atoms with van der Waals surface area (Å²) in [5, 5.41) is 20.0. The molecule has 4 aromatic rings. The van der Waals surface area contributed by atoms with Crippen LogP contribution in [0.3, 0.4) is 0 Å². The van der Waals surface area contributed by atoms with Crippen molar-refractivity contribution < 1.29 is 19.4 Å². The number of amides is 1. The maximum atomic E-state index is 13.3. The number of carbonyl (C=O) groups excluding carboxylic acids is 1. The molecule has 1 aliphatic rings. The number of rotatable bonds is 7. The number of β-lactam (4-membered cyclic amide) rings is 1. The van der Waals surface area contributed by atoms with Gasteiger partial charge in [-0.15, -0.1) is 11.8 Å². The van der Waals surface area contributed by atoms with Crippen molar-refractivity contribution in [2.45, 2.75) is 24.3 Å². The van der Waals surface area contributed by atoms with Crippen LogP contribution in [0.15, 0.2) is 91.3 Å². The van der Waals surface area contributed by atoms with Gasteiger partial charge >= 0.3 is 0 Å². The van der Waals surface area contributed by atoms with E-state index in [1.165, 1.54) is 23.9 Å². The normalized spacial score (nSPS) is 18.1. The summed E-state index contributed by atoms with van der Waals surface area (Å²) in [5.41, 5.74) is 5.46. The van der Waals surface area contributed by atoms with Crippen LogP contribution in [-0.4, -0.2) is 32.1 Å². The Bertz CT molecular complexity index is 1360. The third kappa shape index (κ3) is 4.72. The molecule has 182 valence electrons. The van der Waals surface area contributed by atoms with Crippen LogP contribution >= 0.6 is 11.8 Å². The summed E-state index contributed by atoms with van der Waals surface area (Å²) in [7, 11) is 0. The van der Waals surface area contributed by atoms with Crippen LogP contribution in [0.25, 0.3) is 11.1 Å². The molecular weight excluding hydrogens is 475 g/mol. The van der Waals surface area contributed by atoms with Crippen molar-refractivity contribution in [2.75, 3.05) is 10.7 Å². The molecule has 1 saturated heterocycles. The third-order valence-corrected chi connectivity index (χ3v) is 7.79. The fraction of sp³-hybridized carbons (Fsp3) is 0.172. The number of hydrogen-bond acceptors (Lipinski definition) is 5. The number of halogens is 1. The number of phenolic OH excluding ortho intramolecular Hbond substituents is 1. The first kappa shape index (κ1) is 24.0. The van der Waals surface area contributed by atoms with E-state index in [1.54, 1.807) is 35.4 Å². The van der Waals surface area contributed by atoms with Crippen LogP contribution < -0.4 is 4.90 Å². The van der Waals surface area contributed by atoms with E-state index in [-0.39, 0.29) is 23.5 Å². The first-order valence-electron chi connectivity index (χ1n) is 11.6. The average molecular weight is 501 g/mol. The van der Waals surface area contributed by atoms with Crippen molar-refractivity contribution in [3.05, 3.63) is 114 Å². The van der Waals surface area contributed by atoms with Crippen LogP contribution in [0.5, 0.6) is 5.75 Å². The van der Waals surface area contributed by atoms with E-state index in [0.717, 1.165) is 27.9 Å². The lowest BCUT2D eigenvalue weighted by atomic mass is 9.91. The molecule has 0 radical (unpaired) electrons. The van der Waals surface area contributed by atoms with Crippen molar-refractivity contribution >= 4 is 23.4 Å². The van der Waals surface area contributed by atoms with Crippen molar-refractivity contribution in [3.63, 3.8) is 0 Å². The summed E-state index contributed by atoms with van der Waals surface area (Å²) in [6, 6.07) is 22.1. The Hall–Kier alpha value is -3.68.